The zero-order valence-electron chi connectivity index (χ0n) is 8.15. The first-order valence-electron chi connectivity index (χ1n) is 5.47. The van der Waals surface area contributed by atoms with Gasteiger partial charge in [0.1, 0.15) is 0 Å². The van der Waals surface area contributed by atoms with Crippen molar-refractivity contribution < 1.29 is 13.5 Å². The maximum absolute atomic E-state index is 11.3. The zero-order chi connectivity index (χ0) is 9.97. The van der Waals surface area contributed by atoms with Gasteiger partial charge in [0.2, 0.25) is 0 Å². The highest BCUT2D eigenvalue weighted by Gasteiger charge is 2.69. The highest BCUT2D eigenvalue weighted by Crippen LogP contribution is 2.65. The van der Waals surface area contributed by atoms with Crippen LogP contribution in [0.25, 0.3) is 0 Å². The van der Waals surface area contributed by atoms with Crippen molar-refractivity contribution in [1.82, 2.24) is 0 Å². The summed E-state index contributed by atoms with van der Waals surface area (Å²) in [4.78, 5) is 0. The van der Waals surface area contributed by atoms with Crippen LogP contribution >= 0.6 is 0 Å². The van der Waals surface area contributed by atoms with Gasteiger partial charge in [-0.2, -0.15) is 0 Å². The molecule has 0 amide bonds. The lowest BCUT2D eigenvalue weighted by Crippen LogP contribution is -2.28. The van der Waals surface area contributed by atoms with Gasteiger partial charge in [-0.15, -0.1) is 0 Å². The van der Waals surface area contributed by atoms with Gasteiger partial charge in [0.15, 0.2) is 9.84 Å². The Morgan fingerprint density at radius 3 is 2.29 bits per heavy atom. The summed E-state index contributed by atoms with van der Waals surface area (Å²) in [7, 11) is -2.83. The first kappa shape index (κ1) is 9.16. The van der Waals surface area contributed by atoms with Gasteiger partial charge in [-0.3, -0.25) is 0 Å². The van der Waals surface area contributed by atoms with Crippen LogP contribution < -0.4 is 0 Å². The molecule has 1 saturated heterocycles. The molecule has 3 unspecified atom stereocenters. The van der Waals surface area contributed by atoms with Crippen LogP contribution in [-0.4, -0.2) is 30.6 Å². The van der Waals surface area contributed by atoms with Gasteiger partial charge < -0.3 is 5.11 Å². The average molecular weight is 216 g/mol. The molecule has 1 N–H and O–H groups in total. The fraction of sp³-hybridized carbons (Fsp3) is 1.00. The molecule has 0 bridgehead atoms. The predicted octanol–water partition coefficient (Wildman–Crippen LogP) is 0.582. The monoisotopic (exact) mass is 216 g/mol. The van der Waals surface area contributed by atoms with Crippen molar-refractivity contribution in [3.8, 4) is 0 Å². The molecule has 1 aliphatic heterocycles. The smallest absolute Gasteiger partial charge is 0.150 e. The van der Waals surface area contributed by atoms with Crippen LogP contribution in [0.2, 0.25) is 0 Å². The molecule has 14 heavy (non-hydrogen) atoms. The lowest BCUT2D eigenvalue weighted by molar-refractivity contribution is 0.0542. The molecule has 3 atom stereocenters. The van der Waals surface area contributed by atoms with Crippen molar-refractivity contribution in [2.45, 2.75) is 31.3 Å². The topological polar surface area (TPSA) is 54.4 Å². The van der Waals surface area contributed by atoms with E-state index in [1.54, 1.807) is 0 Å². The molecule has 0 aromatic rings. The zero-order valence-corrected chi connectivity index (χ0v) is 8.96. The van der Waals surface area contributed by atoms with Gasteiger partial charge in [0, 0.05) is 5.92 Å². The third-order valence-corrected chi connectivity index (χ3v) is 6.25. The van der Waals surface area contributed by atoms with Crippen LogP contribution in [-0.2, 0) is 9.84 Å². The molecule has 3 rings (SSSR count). The van der Waals surface area contributed by atoms with E-state index < -0.39 is 15.4 Å². The van der Waals surface area contributed by atoms with Crippen LogP contribution in [0.5, 0.6) is 0 Å². The second-order valence-corrected chi connectivity index (χ2v) is 7.36. The SMILES string of the molecule is O=S1(=O)CCC(C2(O)C3CCCC32)C1. The Labute approximate surface area is 84.4 Å². The summed E-state index contributed by atoms with van der Waals surface area (Å²) in [5.41, 5.74) is -0.582. The molecule has 3 fully saturated rings. The van der Waals surface area contributed by atoms with Crippen LogP contribution in [0.1, 0.15) is 25.7 Å². The van der Waals surface area contributed by atoms with Crippen molar-refractivity contribution >= 4 is 9.84 Å². The third kappa shape index (κ3) is 1.04. The number of sulfone groups is 1. The average Bonchev–Trinajstić information content (AvgIpc) is 2.60. The normalized spacial score (nSPS) is 54.5. The number of rotatable bonds is 1. The molecule has 0 spiro atoms. The Morgan fingerprint density at radius 2 is 1.79 bits per heavy atom. The maximum Gasteiger partial charge on any atom is 0.150 e. The predicted molar refractivity (Wildman–Crippen MR) is 52.5 cm³/mol. The Morgan fingerprint density at radius 1 is 1.14 bits per heavy atom. The van der Waals surface area contributed by atoms with Gasteiger partial charge >= 0.3 is 0 Å². The molecule has 0 aromatic carbocycles. The standard InChI is InChI=1S/C10H16O3S/c11-10(8-2-1-3-9(8)10)7-4-5-14(12,13)6-7/h7-9,11H,1-6H2. The van der Waals surface area contributed by atoms with Gasteiger partial charge in [-0.1, -0.05) is 6.42 Å². The van der Waals surface area contributed by atoms with Crippen molar-refractivity contribution in [3.63, 3.8) is 0 Å². The van der Waals surface area contributed by atoms with Crippen LogP contribution in [0.3, 0.4) is 0 Å². The highest BCUT2D eigenvalue weighted by atomic mass is 32.2. The van der Waals surface area contributed by atoms with Gasteiger partial charge in [0.25, 0.3) is 0 Å². The maximum atomic E-state index is 11.3. The first-order chi connectivity index (χ1) is 6.54. The van der Waals surface area contributed by atoms with E-state index >= 15 is 0 Å². The number of aliphatic hydroxyl groups is 1. The minimum Gasteiger partial charge on any atom is -0.389 e. The molecule has 4 heteroatoms. The number of fused-ring (bicyclic) bond motifs is 1. The highest BCUT2D eigenvalue weighted by molar-refractivity contribution is 7.91. The molecule has 0 aromatic heterocycles. The molecule has 2 saturated carbocycles. The summed E-state index contributed by atoms with van der Waals surface area (Å²) in [6, 6.07) is 0. The van der Waals surface area contributed by atoms with Crippen molar-refractivity contribution in [1.29, 1.82) is 0 Å². The van der Waals surface area contributed by atoms with Crippen LogP contribution in [0.4, 0.5) is 0 Å². The van der Waals surface area contributed by atoms with Gasteiger partial charge in [0.05, 0.1) is 17.1 Å². The molecular weight excluding hydrogens is 200 g/mol. The number of hydrogen-bond acceptors (Lipinski definition) is 3. The van der Waals surface area contributed by atoms with E-state index in [2.05, 4.69) is 0 Å². The van der Waals surface area contributed by atoms with Gasteiger partial charge in [-0.25, -0.2) is 8.42 Å². The van der Waals surface area contributed by atoms with Crippen molar-refractivity contribution in [3.05, 3.63) is 0 Å². The lowest BCUT2D eigenvalue weighted by Gasteiger charge is -2.20. The molecule has 3 aliphatic rings. The molecule has 0 radical (unpaired) electrons. The molecule has 1 heterocycles. The summed E-state index contributed by atoms with van der Waals surface area (Å²) in [5, 5.41) is 10.4. The first-order valence-corrected chi connectivity index (χ1v) is 7.29. The summed E-state index contributed by atoms with van der Waals surface area (Å²) in [6.07, 6.45) is 4.12. The summed E-state index contributed by atoms with van der Waals surface area (Å²) in [5.74, 6) is 1.43. The Hall–Kier alpha value is -0.0900. The van der Waals surface area contributed by atoms with E-state index in [1.165, 1.54) is 6.42 Å². The fourth-order valence-electron chi connectivity index (χ4n) is 3.73. The largest absolute Gasteiger partial charge is 0.389 e. The summed E-state index contributed by atoms with van der Waals surface area (Å²) < 4.78 is 22.6. The lowest BCUT2D eigenvalue weighted by atomic mass is 9.92. The van der Waals surface area contributed by atoms with Crippen molar-refractivity contribution in [2.75, 3.05) is 11.5 Å². The van der Waals surface area contributed by atoms with Crippen LogP contribution in [0, 0.1) is 17.8 Å². The number of hydrogen-bond donors (Lipinski definition) is 1. The Bertz CT molecular complexity index is 350. The second kappa shape index (κ2) is 2.53. The molecule has 80 valence electrons. The third-order valence-electron chi connectivity index (χ3n) is 4.48. The Balaban J connectivity index is 1.80. The molecule has 2 aliphatic carbocycles. The minimum atomic E-state index is -2.83. The fourth-order valence-corrected chi connectivity index (χ4v) is 5.59. The van der Waals surface area contributed by atoms with E-state index in [1.807, 2.05) is 0 Å². The van der Waals surface area contributed by atoms with E-state index in [9.17, 15) is 13.5 Å². The summed E-state index contributed by atoms with van der Waals surface area (Å²) in [6.45, 7) is 0. The molecular formula is C10H16O3S. The quantitative estimate of drug-likeness (QED) is 0.697. The van der Waals surface area contributed by atoms with E-state index in [0.717, 1.165) is 12.8 Å². The second-order valence-electron chi connectivity index (χ2n) is 5.13. The summed E-state index contributed by atoms with van der Waals surface area (Å²) >= 11 is 0. The molecule has 3 nitrogen and oxygen atoms in total. The van der Waals surface area contributed by atoms with E-state index in [-0.39, 0.29) is 11.7 Å². The van der Waals surface area contributed by atoms with Crippen LogP contribution in [0.15, 0.2) is 0 Å². The minimum absolute atomic E-state index is 0.0443. The van der Waals surface area contributed by atoms with E-state index in [4.69, 9.17) is 0 Å². The van der Waals surface area contributed by atoms with Crippen molar-refractivity contribution in [2.24, 2.45) is 17.8 Å². The van der Waals surface area contributed by atoms with Gasteiger partial charge in [-0.05, 0) is 31.1 Å². The Kier molecular flexibility index (Phi) is 1.65. The van der Waals surface area contributed by atoms with E-state index in [0.29, 0.717) is 24.0 Å².